The Hall–Kier alpha value is -2.81. The van der Waals surface area contributed by atoms with Crippen LogP contribution in [0.2, 0.25) is 0 Å². The van der Waals surface area contributed by atoms with E-state index in [0.29, 0.717) is 25.3 Å². The van der Waals surface area contributed by atoms with Crippen molar-refractivity contribution in [3.63, 3.8) is 0 Å². The van der Waals surface area contributed by atoms with Gasteiger partial charge in [-0.2, -0.15) is 5.26 Å². The van der Waals surface area contributed by atoms with Gasteiger partial charge in [0.05, 0.1) is 13.2 Å². The van der Waals surface area contributed by atoms with Crippen LogP contribution in [0.5, 0.6) is 5.75 Å². The first kappa shape index (κ1) is 17.2. The highest BCUT2D eigenvalue weighted by molar-refractivity contribution is 5.92. The van der Waals surface area contributed by atoms with Gasteiger partial charge in [0.25, 0.3) is 0 Å². The van der Waals surface area contributed by atoms with E-state index in [1.54, 1.807) is 19.3 Å². The average Bonchev–Trinajstić information content (AvgIpc) is 2.53. The lowest BCUT2D eigenvalue weighted by Gasteiger charge is -2.05. The molecule has 1 aromatic rings. The van der Waals surface area contributed by atoms with Crippen LogP contribution in [0.3, 0.4) is 0 Å². The van der Waals surface area contributed by atoms with Crippen LogP contribution in [-0.2, 0) is 9.59 Å². The van der Waals surface area contributed by atoms with Gasteiger partial charge in [-0.3, -0.25) is 9.59 Å². The lowest BCUT2D eigenvalue weighted by atomic mass is 10.2. The number of nitrogens with one attached hydrogen (secondary N) is 2. The quantitative estimate of drug-likeness (QED) is 0.558. The van der Waals surface area contributed by atoms with Gasteiger partial charge in [0.15, 0.2) is 0 Å². The lowest BCUT2D eigenvalue weighted by molar-refractivity contribution is -0.120. The normalized spacial score (nSPS) is 10.0. The fourth-order valence-corrected chi connectivity index (χ4v) is 1.69. The van der Waals surface area contributed by atoms with E-state index in [4.69, 9.17) is 10.00 Å². The molecule has 0 saturated heterocycles. The molecule has 0 aromatic heterocycles. The minimum absolute atomic E-state index is 0.145. The topological polar surface area (TPSA) is 91.2 Å². The number of hydrogen-bond acceptors (Lipinski definition) is 4. The second-order valence-electron chi connectivity index (χ2n) is 4.40. The molecule has 0 aliphatic heterocycles. The van der Waals surface area contributed by atoms with Gasteiger partial charge in [-0.15, -0.1) is 0 Å². The summed E-state index contributed by atoms with van der Waals surface area (Å²) in [7, 11) is 1.58. The summed E-state index contributed by atoms with van der Waals surface area (Å²) in [5.41, 5.74) is 0.823. The summed E-state index contributed by atoms with van der Waals surface area (Å²) in [6.07, 6.45) is 3.58. The van der Waals surface area contributed by atoms with Crippen LogP contribution in [0.1, 0.15) is 18.4 Å². The maximum absolute atomic E-state index is 11.6. The monoisotopic (exact) mass is 301 g/mol. The maximum atomic E-state index is 11.6. The highest BCUT2D eigenvalue weighted by atomic mass is 16.5. The van der Waals surface area contributed by atoms with Gasteiger partial charge in [-0.05, 0) is 18.6 Å². The molecule has 6 nitrogen and oxygen atoms in total. The molecule has 1 rings (SSSR count). The molecule has 0 atom stereocenters. The molecule has 0 unspecified atom stereocenters. The summed E-state index contributed by atoms with van der Waals surface area (Å²) in [6.45, 7) is 0.874. The Morgan fingerprint density at radius 1 is 1.27 bits per heavy atom. The predicted molar refractivity (Wildman–Crippen MR) is 82.9 cm³/mol. The Balaban J connectivity index is 2.28. The zero-order valence-electron chi connectivity index (χ0n) is 12.5. The predicted octanol–water partition coefficient (Wildman–Crippen LogP) is 1.24. The van der Waals surface area contributed by atoms with Gasteiger partial charge in [0, 0.05) is 24.7 Å². The van der Waals surface area contributed by atoms with Crippen molar-refractivity contribution in [2.24, 2.45) is 0 Å². The third-order valence-electron chi connectivity index (χ3n) is 2.77. The van der Waals surface area contributed by atoms with Crippen molar-refractivity contribution < 1.29 is 14.3 Å². The number of carbonyl (C=O) groups excluding carboxylic acids is 2. The molecule has 0 aliphatic rings. The molecule has 1 aromatic carbocycles. The summed E-state index contributed by atoms with van der Waals surface area (Å²) in [5.74, 6) is 0.186. The van der Waals surface area contributed by atoms with Crippen molar-refractivity contribution in [1.29, 1.82) is 5.26 Å². The van der Waals surface area contributed by atoms with Crippen LogP contribution in [0.25, 0.3) is 6.08 Å². The van der Waals surface area contributed by atoms with E-state index in [0.717, 1.165) is 5.56 Å². The third kappa shape index (κ3) is 6.57. The standard InChI is InChI=1S/C16H19N3O3/c1-22-14-6-3-2-5-13(14)7-8-15(20)18-11-4-12-19-16(21)9-10-17/h2-3,5-8H,4,9,11-12H2,1H3,(H,18,20)(H,19,21)/b8-7+. The van der Waals surface area contributed by atoms with Crippen molar-refractivity contribution in [3.05, 3.63) is 35.9 Å². The number of amides is 2. The van der Waals surface area contributed by atoms with Crippen LogP contribution in [0, 0.1) is 11.3 Å². The molecule has 0 heterocycles. The highest BCUT2D eigenvalue weighted by Crippen LogP contribution is 2.18. The molecular formula is C16H19N3O3. The number of methoxy groups -OCH3 is 1. The van der Waals surface area contributed by atoms with E-state index in [-0.39, 0.29) is 18.2 Å². The Morgan fingerprint density at radius 2 is 2.00 bits per heavy atom. The Labute approximate surface area is 129 Å². The smallest absolute Gasteiger partial charge is 0.244 e. The second-order valence-corrected chi connectivity index (χ2v) is 4.40. The van der Waals surface area contributed by atoms with Gasteiger partial charge in [-0.25, -0.2) is 0 Å². The molecule has 6 heteroatoms. The van der Waals surface area contributed by atoms with E-state index < -0.39 is 0 Å². The number of benzene rings is 1. The fourth-order valence-electron chi connectivity index (χ4n) is 1.69. The molecule has 22 heavy (non-hydrogen) atoms. The molecule has 0 fully saturated rings. The Morgan fingerprint density at radius 3 is 2.73 bits per heavy atom. The minimum Gasteiger partial charge on any atom is -0.496 e. The number of hydrogen-bond donors (Lipinski definition) is 2. The van der Waals surface area contributed by atoms with Gasteiger partial charge in [0.1, 0.15) is 12.2 Å². The molecule has 116 valence electrons. The lowest BCUT2D eigenvalue weighted by Crippen LogP contribution is -2.28. The highest BCUT2D eigenvalue weighted by Gasteiger charge is 2.00. The number of nitriles is 1. The third-order valence-corrected chi connectivity index (χ3v) is 2.77. The summed E-state index contributed by atoms with van der Waals surface area (Å²) >= 11 is 0. The van der Waals surface area contributed by atoms with Crippen molar-refractivity contribution in [3.8, 4) is 11.8 Å². The molecule has 0 saturated carbocycles. The van der Waals surface area contributed by atoms with Crippen LogP contribution in [0.15, 0.2) is 30.3 Å². The average molecular weight is 301 g/mol. The first-order valence-corrected chi connectivity index (χ1v) is 6.90. The van der Waals surface area contributed by atoms with Crippen LogP contribution >= 0.6 is 0 Å². The van der Waals surface area contributed by atoms with E-state index >= 15 is 0 Å². The fraction of sp³-hybridized carbons (Fsp3) is 0.312. The summed E-state index contributed by atoms with van der Waals surface area (Å²) in [5, 5.41) is 13.6. The maximum Gasteiger partial charge on any atom is 0.244 e. The van der Waals surface area contributed by atoms with Crippen molar-refractivity contribution in [1.82, 2.24) is 10.6 Å². The molecule has 0 aliphatic carbocycles. The van der Waals surface area contributed by atoms with E-state index in [1.165, 1.54) is 6.08 Å². The second kappa shape index (κ2) is 10.00. The number of rotatable bonds is 8. The van der Waals surface area contributed by atoms with Crippen molar-refractivity contribution in [2.75, 3.05) is 20.2 Å². The zero-order chi connectivity index (χ0) is 16.2. The number of para-hydroxylation sites is 1. The van der Waals surface area contributed by atoms with E-state index in [9.17, 15) is 9.59 Å². The minimum atomic E-state index is -0.301. The molecule has 0 spiro atoms. The van der Waals surface area contributed by atoms with E-state index in [2.05, 4.69) is 10.6 Å². The molecule has 2 amide bonds. The molecule has 2 N–H and O–H groups in total. The van der Waals surface area contributed by atoms with Gasteiger partial charge >= 0.3 is 0 Å². The molecule has 0 bridgehead atoms. The SMILES string of the molecule is COc1ccccc1/C=C/C(=O)NCCCNC(=O)CC#N. The summed E-state index contributed by atoms with van der Waals surface area (Å²) in [6, 6.07) is 9.17. The number of ether oxygens (including phenoxy) is 1. The summed E-state index contributed by atoms with van der Waals surface area (Å²) in [4.78, 5) is 22.7. The molecule has 0 radical (unpaired) electrons. The Kier molecular flexibility index (Phi) is 7.83. The van der Waals surface area contributed by atoms with Gasteiger partial charge in [-0.1, -0.05) is 18.2 Å². The van der Waals surface area contributed by atoms with E-state index in [1.807, 2.05) is 24.3 Å². The number of carbonyl (C=O) groups is 2. The van der Waals surface area contributed by atoms with Gasteiger partial charge in [0.2, 0.25) is 11.8 Å². The Bertz CT molecular complexity index is 576. The molecular weight excluding hydrogens is 282 g/mol. The largest absolute Gasteiger partial charge is 0.496 e. The number of nitrogens with zero attached hydrogens (tertiary/aromatic N) is 1. The van der Waals surface area contributed by atoms with Crippen molar-refractivity contribution in [2.45, 2.75) is 12.8 Å². The first-order valence-electron chi connectivity index (χ1n) is 6.90. The van der Waals surface area contributed by atoms with Crippen LogP contribution in [-0.4, -0.2) is 32.0 Å². The van der Waals surface area contributed by atoms with Gasteiger partial charge < -0.3 is 15.4 Å². The van der Waals surface area contributed by atoms with Crippen molar-refractivity contribution >= 4 is 17.9 Å². The van der Waals surface area contributed by atoms with Crippen LogP contribution in [0.4, 0.5) is 0 Å². The van der Waals surface area contributed by atoms with Crippen LogP contribution < -0.4 is 15.4 Å². The zero-order valence-corrected chi connectivity index (χ0v) is 12.5. The summed E-state index contributed by atoms with van der Waals surface area (Å²) < 4.78 is 5.19. The first-order chi connectivity index (χ1) is 10.7.